The number of hydrazine groups is 1. The Morgan fingerprint density at radius 3 is 2.78 bits per heavy atom. The van der Waals surface area contributed by atoms with Gasteiger partial charge in [0.05, 0.1) is 12.9 Å². The molecule has 1 amide bonds. The number of hydrogen-bond donors (Lipinski definition) is 2. The maximum atomic E-state index is 11.3. The Hall–Kier alpha value is -1.05. The molecule has 0 spiro atoms. The number of amides is 1. The van der Waals surface area contributed by atoms with Crippen molar-refractivity contribution in [2.24, 2.45) is 5.84 Å². The Balaban J connectivity index is 2.63. The number of methoxy groups -OCH3 is 1. The molecule has 0 radical (unpaired) electrons. The fraction of sp³-hybridized carbons (Fsp3) is 0.273. The molecule has 0 bridgehead atoms. The van der Waals surface area contributed by atoms with Crippen LogP contribution in [0.1, 0.15) is 15.9 Å². The summed E-state index contributed by atoms with van der Waals surface area (Å²) in [7, 11) is 1.36. The summed E-state index contributed by atoms with van der Waals surface area (Å²) in [6.45, 7) is 0. The van der Waals surface area contributed by atoms with Crippen molar-refractivity contribution >= 4 is 39.6 Å². The Labute approximate surface area is 118 Å². The van der Waals surface area contributed by atoms with Gasteiger partial charge in [-0.15, -0.1) is 11.8 Å². The minimum Gasteiger partial charge on any atom is -0.468 e. The number of nitrogen functional groups attached to an aromatic ring is 1. The summed E-state index contributed by atoms with van der Waals surface area (Å²) >= 11 is 4.82. The van der Waals surface area contributed by atoms with Gasteiger partial charge in [-0.25, -0.2) is 5.84 Å². The van der Waals surface area contributed by atoms with Crippen LogP contribution in [0.15, 0.2) is 22.7 Å². The Kier molecular flexibility index (Phi) is 6.17. The molecular weight excluding hydrogens is 320 g/mol. The number of halogens is 1. The zero-order valence-corrected chi connectivity index (χ0v) is 12.1. The van der Waals surface area contributed by atoms with Crippen molar-refractivity contribution in [2.45, 2.75) is 5.75 Å². The summed E-state index contributed by atoms with van der Waals surface area (Å²) in [4.78, 5) is 22.2. The summed E-state index contributed by atoms with van der Waals surface area (Å²) in [6, 6.07) is 5.19. The second-order valence-corrected chi connectivity index (χ2v) is 5.19. The van der Waals surface area contributed by atoms with Gasteiger partial charge in [0, 0.05) is 15.8 Å². The molecular formula is C11H13BrN2O3S. The fourth-order valence-corrected chi connectivity index (χ4v) is 2.75. The monoisotopic (exact) mass is 332 g/mol. The molecule has 1 aromatic carbocycles. The topological polar surface area (TPSA) is 81.4 Å². The van der Waals surface area contributed by atoms with Crippen LogP contribution in [-0.4, -0.2) is 24.7 Å². The van der Waals surface area contributed by atoms with Gasteiger partial charge in [-0.3, -0.25) is 15.0 Å². The van der Waals surface area contributed by atoms with Crippen molar-refractivity contribution in [3.63, 3.8) is 0 Å². The second-order valence-electron chi connectivity index (χ2n) is 3.35. The van der Waals surface area contributed by atoms with Gasteiger partial charge in [0.2, 0.25) is 0 Å². The van der Waals surface area contributed by atoms with Crippen LogP contribution >= 0.6 is 27.7 Å². The van der Waals surface area contributed by atoms with E-state index in [-0.39, 0.29) is 11.9 Å². The molecule has 0 saturated carbocycles. The molecule has 5 nitrogen and oxygen atoms in total. The van der Waals surface area contributed by atoms with Crippen LogP contribution in [0.4, 0.5) is 0 Å². The number of benzene rings is 1. The lowest BCUT2D eigenvalue weighted by Crippen LogP contribution is -2.29. The van der Waals surface area contributed by atoms with E-state index in [2.05, 4.69) is 26.1 Å². The molecule has 0 aromatic heterocycles. The molecule has 1 rings (SSSR count). The lowest BCUT2D eigenvalue weighted by atomic mass is 10.1. The van der Waals surface area contributed by atoms with E-state index in [1.807, 2.05) is 6.07 Å². The number of ether oxygens (including phenoxy) is 1. The third-order valence-corrected chi connectivity index (χ3v) is 3.84. The smallest absolute Gasteiger partial charge is 0.315 e. The Morgan fingerprint density at radius 1 is 1.50 bits per heavy atom. The van der Waals surface area contributed by atoms with Gasteiger partial charge in [-0.1, -0.05) is 22.0 Å². The van der Waals surface area contributed by atoms with Crippen LogP contribution in [-0.2, 0) is 15.3 Å². The zero-order valence-electron chi connectivity index (χ0n) is 9.73. The Bertz CT molecular complexity index is 454. The van der Waals surface area contributed by atoms with Crippen LogP contribution in [0, 0.1) is 0 Å². The van der Waals surface area contributed by atoms with Crippen molar-refractivity contribution in [3.05, 3.63) is 33.8 Å². The highest BCUT2D eigenvalue weighted by Crippen LogP contribution is 2.23. The van der Waals surface area contributed by atoms with Crippen LogP contribution in [0.5, 0.6) is 0 Å². The number of carbonyl (C=O) groups is 2. The maximum Gasteiger partial charge on any atom is 0.315 e. The highest BCUT2D eigenvalue weighted by atomic mass is 79.9. The molecule has 18 heavy (non-hydrogen) atoms. The fourth-order valence-electron chi connectivity index (χ4n) is 1.19. The maximum absolute atomic E-state index is 11.3. The third kappa shape index (κ3) is 4.32. The third-order valence-electron chi connectivity index (χ3n) is 2.15. The van der Waals surface area contributed by atoms with Crippen LogP contribution in [0.2, 0.25) is 0 Å². The van der Waals surface area contributed by atoms with E-state index in [1.54, 1.807) is 12.1 Å². The number of nitrogens with two attached hydrogens (primary N) is 1. The average molecular weight is 333 g/mol. The summed E-state index contributed by atoms with van der Waals surface area (Å²) in [5.74, 6) is 5.41. The van der Waals surface area contributed by atoms with E-state index in [4.69, 9.17) is 5.84 Å². The van der Waals surface area contributed by atoms with E-state index in [0.29, 0.717) is 17.1 Å². The molecule has 98 valence electrons. The first kappa shape index (κ1) is 15.0. The summed E-state index contributed by atoms with van der Waals surface area (Å²) < 4.78 is 5.35. The predicted octanol–water partition coefficient (Wildman–Crippen LogP) is 1.46. The lowest BCUT2D eigenvalue weighted by molar-refractivity contribution is -0.137. The van der Waals surface area contributed by atoms with Crippen LogP contribution < -0.4 is 11.3 Å². The minimum absolute atomic E-state index is 0.254. The Morgan fingerprint density at radius 2 is 2.22 bits per heavy atom. The van der Waals surface area contributed by atoms with Crippen molar-refractivity contribution in [3.8, 4) is 0 Å². The first-order valence-electron chi connectivity index (χ1n) is 5.02. The second kappa shape index (κ2) is 7.40. The molecule has 3 N–H and O–H groups in total. The SMILES string of the molecule is COC(=O)CSCc1ccc(C(=O)NN)cc1Br. The highest BCUT2D eigenvalue weighted by molar-refractivity contribution is 9.10. The van der Waals surface area contributed by atoms with Gasteiger partial charge in [0.25, 0.3) is 5.91 Å². The predicted molar refractivity (Wildman–Crippen MR) is 74.0 cm³/mol. The standard InChI is InChI=1S/C11H13BrN2O3S/c1-17-10(15)6-18-5-8-3-2-7(4-9(8)12)11(16)14-13/h2-4H,5-6,13H2,1H3,(H,14,16). The number of nitrogens with one attached hydrogen (secondary N) is 1. The number of thioether (sulfide) groups is 1. The van der Waals surface area contributed by atoms with Gasteiger partial charge < -0.3 is 4.74 Å². The highest BCUT2D eigenvalue weighted by Gasteiger charge is 2.08. The van der Waals surface area contributed by atoms with Gasteiger partial charge in [0.1, 0.15) is 0 Å². The quantitative estimate of drug-likeness (QED) is 0.369. The van der Waals surface area contributed by atoms with E-state index in [1.165, 1.54) is 18.9 Å². The molecule has 0 aliphatic carbocycles. The molecule has 0 saturated heterocycles. The molecule has 7 heteroatoms. The van der Waals surface area contributed by atoms with Crippen molar-refractivity contribution in [2.75, 3.05) is 12.9 Å². The van der Waals surface area contributed by atoms with E-state index in [9.17, 15) is 9.59 Å². The normalized spacial score (nSPS) is 9.94. The van der Waals surface area contributed by atoms with E-state index >= 15 is 0 Å². The minimum atomic E-state index is -0.343. The average Bonchev–Trinajstić information content (AvgIpc) is 2.39. The molecule has 0 fully saturated rings. The largest absolute Gasteiger partial charge is 0.468 e. The first-order chi connectivity index (χ1) is 8.58. The number of hydrogen-bond acceptors (Lipinski definition) is 5. The summed E-state index contributed by atoms with van der Waals surface area (Å²) in [5, 5.41) is 0. The number of rotatable bonds is 5. The summed E-state index contributed by atoms with van der Waals surface area (Å²) in [6.07, 6.45) is 0. The molecule has 0 aliphatic rings. The van der Waals surface area contributed by atoms with Crippen molar-refractivity contribution < 1.29 is 14.3 Å². The van der Waals surface area contributed by atoms with Crippen LogP contribution in [0.25, 0.3) is 0 Å². The van der Waals surface area contributed by atoms with E-state index < -0.39 is 0 Å². The van der Waals surface area contributed by atoms with Crippen molar-refractivity contribution in [1.29, 1.82) is 0 Å². The number of carbonyl (C=O) groups excluding carboxylic acids is 2. The molecule has 0 unspecified atom stereocenters. The first-order valence-corrected chi connectivity index (χ1v) is 6.97. The van der Waals surface area contributed by atoms with Gasteiger partial charge in [-0.05, 0) is 17.7 Å². The zero-order chi connectivity index (χ0) is 13.5. The van der Waals surface area contributed by atoms with Gasteiger partial charge in [-0.2, -0.15) is 0 Å². The van der Waals surface area contributed by atoms with Gasteiger partial charge >= 0.3 is 5.97 Å². The molecule has 0 aliphatic heterocycles. The van der Waals surface area contributed by atoms with Crippen LogP contribution in [0.3, 0.4) is 0 Å². The molecule has 1 aromatic rings. The lowest BCUT2D eigenvalue weighted by Gasteiger charge is -2.06. The van der Waals surface area contributed by atoms with Gasteiger partial charge in [0.15, 0.2) is 0 Å². The summed E-state index contributed by atoms with van der Waals surface area (Å²) in [5.41, 5.74) is 3.54. The number of esters is 1. The molecule has 0 heterocycles. The molecule has 0 atom stereocenters. The van der Waals surface area contributed by atoms with Crippen molar-refractivity contribution in [1.82, 2.24) is 5.43 Å². The van der Waals surface area contributed by atoms with E-state index in [0.717, 1.165) is 10.0 Å².